The number of ketones is 1. The third-order valence-electron chi connectivity index (χ3n) is 15.3. The number of esters is 3. The molecule has 3 fully saturated rings. The highest BCUT2D eigenvalue weighted by Crippen LogP contribution is 2.39. The average molecular weight is 1190 g/mol. The van der Waals surface area contributed by atoms with E-state index in [0.717, 1.165) is 0 Å². The van der Waals surface area contributed by atoms with Crippen molar-refractivity contribution in [1.82, 2.24) is 4.90 Å². The van der Waals surface area contributed by atoms with E-state index in [0.29, 0.717) is 18.3 Å². The summed E-state index contributed by atoms with van der Waals surface area (Å²) < 4.78 is 67.2. The van der Waals surface area contributed by atoms with Gasteiger partial charge in [0.05, 0.1) is 43.5 Å². The Morgan fingerprint density at radius 2 is 1.43 bits per heavy atom. The van der Waals surface area contributed by atoms with Gasteiger partial charge in [-0.3, -0.25) is 19.2 Å². The van der Waals surface area contributed by atoms with Gasteiger partial charge < -0.3 is 97.5 Å². The number of likely N-dealkylation sites (N-methyl/N-ethyl adjacent to an activating group) is 1. The maximum Gasteiger partial charge on any atom is 0.335 e. The minimum absolute atomic E-state index is 0.0378. The smallest absolute Gasteiger partial charge is 0.335 e. The quantitative estimate of drug-likeness (QED) is 0.0520. The predicted octanol–water partition coefficient (Wildman–Crippen LogP) is 1.88. The summed E-state index contributed by atoms with van der Waals surface area (Å²) in [6.45, 7) is 18.7. The van der Waals surface area contributed by atoms with Crippen molar-refractivity contribution in [2.45, 2.75) is 231 Å². The fraction of sp³-hybridized carbons (Fsp3) is 0.807. The Kier molecular flexibility index (Phi) is 29.4. The summed E-state index contributed by atoms with van der Waals surface area (Å²) in [5.74, 6) is -8.41. The van der Waals surface area contributed by atoms with Crippen molar-refractivity contribution in [3.8, 4) is 0 Å². The largest absolute Gasteiger partial charge is 0.479 e. The van der Waals surface area contributed by atoms with Gasteiger partial charge in [0.1, 0.15) is 54.6 Å². The number of aliphatic hydroxyl groups is 5. The van der Waals surface area contributed by atoms with Crippen LogP contribution in [0.2, 0.25) is 0 Å². The first-order valence-corrected chi connectivity index (χ1v) is 28.1. The lowest BCUT2D eigenvalue weighted by Gasteiger charge is -2.50. The Balaban J connectivity index is 0.00000164. The van der Waals surface area contributed by atoms with Crippen molar-refractivity contribution in [3.63, 3.8) is 0 Å². The number of rotatable bonds is 20. The van der Waals surface area contributed by atoms with E-state index in [2.05, 4.69) is 0 Å². The Morgan fingerprint density at radius 1 is 0.831 bits per heavy atom. The van der Waals surface area contributed by atoms with Gasteiger partial charge in [0.15, 0.2) is 43.0 Å². The van der Waals surface area contributed by atoms with Gasteiger partial charge in [0.25, 0.3) is 0 Å². The minimum Gasteiger partial charge on any atom is -0.479 e. The van der Waals surface area contributed by atoms with E-state index < -0.39 is 176 Å². The Morgan fingerprint density at radius 3 is 1.95 bits per heavy atom. The number of ether oxygens (including phenoxy) is 11. The molecule has 0 aromatic rings. The van der Waals surface area contributed by atoms with Crippen LogP contribution in [0.15, 0.2) is 23.8 Å². The molecule has 0 aliphatic carbocycles. The van der Waals surface area contributed by atoms with Crippen LogP contribution < -0.4 is 0 Å². The van der Waals surface area contributed by atoms with Crippen LogP contribution in [0.1, 0.15) is 115 Å². The van der Waals surface area contributed by atoms with Crippen LogP contribution in [-0.2, 0) is 85.7 Å². The molecular weight excluding hydrogens is 1100 g/mol. The Labute approximate surface area is 485 Å². The van der Waals surface area contributed by atoms with Crippen LogP contribution in [-0.4, -0.2) is 233 Å². The second kappa shape index (κ2) is 33.5. The summed E-state index contributed by atoms with van der Waals surface area (Å²) in [5, 5.41) is 67.1. The molecule has 26 heteroatoms. The van der Waals surface area contributed by atoms with Gasteiger partial charge in [0.2, 0.25) is 0 Å². The molecule has 4 heterocycles. The van der Waals surface area contributed by atoms with Crippen molar-refractivity contribution in [1.29, 1.82) is 0 Å². The number of carboxylic acid groups (broad SMARTS) is 2. The number of hydrogen-bond acceptors (Lipinski definition) is 24. The standard InChI is InChI=1S/C53H87NO19.C4H6O6/c1-16-38-36(26-65-52-49(64-15)48(63-14)44(60)31(7)67-52)22-28(4)17-18-37(57)29(5)23-35(19-20-55)46(30(6)39(69-34(10)56)24-41(59)70-38)73-51-45(61)43(54(12)13)47(32(8)68-51)72-42-25-53(11,62)50(33(9)66-42)71-40(58)21-27(2)3;5-1(3(7)8)2(6)4(9)10/h17-18,20,22,27,29-33,35-36,38-39,42-52,60-62H,16,19,21,23-26H2,1-15H3;1-2,5-6H,(H,7,8)(H,9,10)/b18-17+,28-22+;/t29-,30+,31-,32-,33+,35+,36-,38-,39-,42+,43-,44-,45-,46-,47-,48-,49-,50+,51+,52-,53-;/m1./s1. The third kappa shape index (κ3) is 20.9. The van der Waals surface area contributed by atoms with E-state index in [1.54, 1.807) is 73.5 Å². The van der Waals surface area contributed by atoms with E-state index in [4.69, 9.17) is 72.5 Å². The number of methoxy groups -OCH3 is 2. The lowest BCUT2D eigenvalue weighted by atomic mass is 9.79. The van der Waals surface area contributed by atoms with Gasteiger partial charge >= 0.3 is 29.8 Å². The summed E-state index contributed by atoms with van der Waals surface area (Å²) in [6.07, 6.45) is -13.2. The summed E-state index contributed by atoms with van der Waals surface area (Å²) >= 11 is 0. The maximum atomic E-state index is 14.2. The molecule has 0 aromatic carbocycles. The Bertz CT molecular complexity index is 2150. The Hall–Kier alpha value is -4.39. The number of hydrogen-bond donors (Lipinski definition) is 7. The molecule has 0 bridgehead atoms. The number of carboxylic acids is 2. The molecule has 26 nitrogen and oxygen atoms in total. The van der Waals surface area contributed by atoms with Crippen molar-refractivity contribution in [2.24, 2.45) is 29.6 Å². The van der Waals surface area contributed by atoms with Crippen LogP contribution in [0.5, 0.6) is 0 Å². The van der Waals surface area contributed by atoms with Crippen LogP contribution in [0.25, 0.3) is 0 Å². The van der Waals surface area contributed by atoms with E-state index in [-0.39, 0.29) is 44.0 Å². The van der Waals surface area contributed by atoms with Crippen LogP contribution in [0.3, 0.4) is 0 Å². The normalized spacial score (nSPS) is 38.5. The van der Waals surface area contributed by atoms with Crippen LogP contribution in [0, 0.1) is 29.6 Å². The molecule has 83 heavy (non-hydrogen) atoms. The SMILES string of the molecule is CC[C@H]1OC(=O)C[C@@H](OC(C)=O)[C@H](C)[C@@H](O[C@@H]2O[C@H](C)[C@@H](O[C@H]3C[C@@](C)(O)[C@@H](OC(=O)CC(C)C)[C@H](C)O3)[C@H](N(C)C)[C@H]2O)[C@@H](CC=O)C[C@@H](C)C(=O)/C=C/C(C)=C/[C@@H]1CO[C@@H]1O[C@H](C)[C@@H](O)[C@@H](OC)[C@H]1OC.O=C(O)C(O)C(O)C(=O)O. The van der Waals surface area contributed by atoms with E-state index >= 15 is 0 Å². The highest BCUT2D eigenvalue weighted by Gasteiger charge is 2.53. The maximum absolute atomic E-state index is 14.2. The fourth-order valence-corrected chi connectivity index (χ4v) is 10.9. The first kappa shape index (κ1) is 72.9. The lowest BCUT2D eigenvalue weighted by Crippen LogP contribution is -2.65. The number of aliphatic carboxylic acids is 2. The van der Waals surface area contributed by atoms with E-state index in [1.165, 1.54) is 27.2 Å². The molecule has 0 spiro atoms. The molecule has 3 saturated heterocycles. The molecule has 0 radical (unpaired) electrons. The summed E-state index contributed by atoms with van der Waals surface area (Å²) in [6, 6.07) is -0.809. The number of aliphatic hydroxyl groups excluding tert-OH is 4. The lowest BCUT2D eigenvalue weighted by molar-refractivity contribution is -0.342. The molecule has 2 unspecified atom stereocenters. The molecule has 7 N–H and O–H groups in total. The highest BCUT2D eigenvalue weighted by atomic mass is 16.7. The fourth-order valence-electron chi connectivity index (χ4n) is 10.9. The molecule has 0 amide bonds. The molecule has 4 aliphatic rings. The van der Waals surface area contributed by atoms with Crippen LogP contribution in [0.4, 0.5) is 0 Å². The van der Waals surface area contributed by atoms with Crippen molar-refractivity contribution in [2.75, 3.05) is 34.9 Å². The molecule has 0 saturated carbocycles. The predicted molar refractivity (Wildman–Crippen MR) is 290 cm³/mol. The second-order valence-electron chi connectivity index (χ2n) is 23.0. The van der Waals surface area contributed by atoms with Crippen molar-refractivity contribution < 1.29 is 121 Å². The zero-order chi connectivity index (χ0) is 63.0. The van der Waals surface area contributed by atoms with Gasteiger partial charge in [-0.25, -0.2) is 9.59 Å². The number of allylic oxidation sites excluding steroid dienone is 3. The topological polar surface area (TPSA) is 366 Å². The number of carbonyl (C=O) groups excluding carboxylic acids is 5. The molecule has 476 valence electrons. The summed E-state index contributed by atoms with van der Waals surface area (Å²) in [7, 11) is 6.41. The molecule has 4 aliphatic heterocycles. The van der Waals surface area contributed by atoms with Crippen molar-refractivity contribution >= 4 is 41.9 Å². The molecule has 0 aromatic heterocycles. The van der Waals surface area contributed by atoms with E-state index in [1.807, 2.05) is 26.8 Å². The van der Waals surface area contributed by atoms with Gasteiger partial charge in [0, 0.05) is 58.2 Å². The number of cyclic esters (lactones) is 1. The number of carbonyl (C=O) groups is 7. The van der Waals surface area contributed by atoms with Crippen LogP contribution >= 0.6 is 0 Å². The second-order valence-corrected chi connectivity index (χ2v) is 23.0. The third-order valence-corrected chi connectivity index (χ3v) is 15.3. The molecule has 4 rings (SSSR count). The van der Waals surface area contributed by atoms with Gasteiger partial charge in [-0.15, -0.1) is 0 Å². The zero-order valence-corrected chi connectivity index (χ0v) is 50.5. The van der Waals surface area contributed by atoms with Gasteiger partial charge in [-0.2, -0.15) is 0 Å². The first-order chi connectivity index (χ1) is 38.7. The van der Waals surface area contributed by atoms with Gasteiger partial charge in [-0.1, -0.05) is 52.3 Å². The monoisotopic (exact) mass is 1190 g/mol. The average Bonchev–Trinajstić information content (AvgIpc) is 3.61. The number of nitrogens with zero attached hydrogens (tertiary/aromatic N) is 1. The summed E-state index contributed by atoms with van der Waals surface area (Å²) in [5.41, 5.74) is -0.865. The van der Waals surface area contributed by atoms with Gasteiger partial charge in [-0.05, 0) is 79.5 Å². The van der Waals surface area contributed by atoms with Crippen molar-refractivity contribution in [3.05, 3.63) is 23.8 Å². The highest BCUT2D eigenvalue weighted by molar-refractivity contribution is 5.91. The minimum atomic E-state index is -2.27. The zero-order valence-electron chi connectivity index (χ0n) is 50.5. The molecular formula is C57H93NO25. The molecule has 23 atom stereocenters. The first-order valence-electron chi connectivity index (χ1n) is 28.1. The number of aldehydes is 1. The summed E-state index contributed by atoms with van der Waals surface area (Å²) in [4.78, 5) is 87.4. The van der Waals surface area contributed by atoms with E-state index in [9.17, 15) is 48.9 Å².